The average molecular weight is 391 g/mol. The zero-order valence-electron chi connectivity index (χ0n) is 15.2. The second-order valence-corrected chi connectivity index (χ2v) is 7.48. The Labute approximate surface area is 167 Å². The number of nitrogens with one attached hydrogen (secondary N) is 1. The van der Waals surface area contributed by atoms with Crippen LogP contribution < -0.4 is 15.5 Å². The van der Waals surface area contributed by atoms with Gasteiger partial charge in [0.05, 0.1) is 13.7 Å². The minimum atomic E-state index is -0.842. The van der Waals surface area contributed by atoms with Gasteiger partial charge in [0.15, 0.2) is 0 Å². The summed E-state index contributed by atoms with van der Waals surface area (Å²) in [5.41, 5.74) is 3.14. The van der Waals surface area contributed by atoms with Crippen molar-refractivity contribution in [3.63, 3.8) is 0 Å². The number of hydrogen-bond acceptors (Lipinski definition) is 5. The number of carbonyl (C=O) groups excluding carboxylic acids is 1. The predicted molar refractivity (Wildman–Crippen MR) is 110 cm³/mol. The molecule has 140 valence electrons. The van der Waals surface area contributed by atoms with E-state index in [1.165, 1.54) is 0 Å². The molecule has 0 aromatic heterocycles. The highest BCUT2D eigenvalue weighted by Crippen LogP contribution is 2.29. The van der Waals surface area contributed by atoms with Crippen LogP contribution in [0.15, 0.2) is 76.5 Å². The summed E-state index contributed by atoms with van der Waals surface area (Å²) >= 11 is 1.59. The Hall–Kier alpha value is -2.74. The third-order valence-corrected chi connectivity index (χ3v) is 5.48. The maximum absolute atomic E-state index is 12.3. The fraction of sp³-hybridized carbons (Fsp3) is 0.0952. The van der Waals surface area contributed by atoms with Crippen LogP contribution in [-0.4, -0.2) is 25.2 Å². The second-order valence-electron chi connectivity index (χ2n) is 6.33. The van der Waals surface area contributed by atoms with Gasteiger partial charge in [-0.05, 0) is 71.7 Å². The van der Waals surface area contributed by atoms with Crippen LogP contribution in [-0.2, 0) is 11.3 Å². The molecule has 0 saturated carbocycles. The van der Waals surface area contributed by atoms with Crippen LogP contribution in [0.1, 0.15) is 15.9 Å². The zero-order chi connectivity index (χ0) is 19.5. The van der Waals surface area contributed by atoms with E-state index in [1.54, 1.807) is 43.1 Å². The first kappa shape index (κ1) is 18.6. The van der Waals surface area contributed by atoms with Crippen molar-refractivity contribution in [2.24, 2.45) is 0 Å². The van der Waals surface area contributed by atoms with Crippen LogP contribution in [0.3, 0.4) is 0 Å². The van der Waals surface area contributed by atoms with E-state index in [0.717, 1.165) is 26.5 Å². The first-order valence-electron chi connectivity index (χ1n) is 8.78. The Morgan fingerprint density at radius 2 is 1.79 bits per heavy atom. The van der Waals surface area contributed by atoms with Crippen LogP contribution in [0.2, 0.25) is 0 Å². The van der Waals surface area contributed by atoms with Gasteiger partial charge in [-0.1, -0.05) is 17.8 Å². The molecule has 0 unspecified atom stereocenters. The largest absolute Gasteiger partial charge is 0.497 e. The Morgan fingerprint density at radius 1 is 1.07 bits per heavy atom. The number of anilines is 1. The SMILES string of the molecule is COc1ccc(C(=O)Nc2ccc(Sc3ccc4c(c3)B(O)OC4)cc2)cc1. The number of amides is 1. The van der Waals surface area contributed by atoms with Gasteiger partial charge in [0.1, 0.15) is 5.75 Å². The summed E-state index contributed by atoms with van der Waals surface area (Å²) in [4.78, 5) is 14.4. The monoisotopic (exact) mass is 391 g/mol. The van der Waals surface area contributed by atoms with Gasteiger partial charge in [-0.3, -0.25) is 4.79 Å². The second kappa shape index (κ2) is 8.10. The zero-order valence-corrected chi connectivity index (χ0v) is 16.0. The maximum atomic E-state index is 12.3. The highest BCUT2D eigenvalue weighted by Gasteiger charge is 2.27. The minimum absolute atomic E-state index is 0.171. The molecule has 0 fully saturated rings. The van der Waals surface area contributed by atoms with Crippen molar-refractivity contribution in [1.82, 2.24) is 0 Å². The molecule has 1 amide bonds. The molecule has 3 aromatic carbocycles. The summed E-state index contributed by atoms with van der Waals surface area (Å²) in [6.07, 6.45) is 0. The molecule has 7 heteroatoms. The molecule has 3 aromatic rings. The Kier molecular flexibility index (Phi) is 5.39. The quantitative estimate of drug-likeness (QED) is 0.654. The average Bonchev–Trinajstić information content (AvgIpc) is 3.10. The highest BCUT2D eigenvalue weighted by atomic mass is 32.2. The van der Waals surface area contributed by atoms with Gasteiger partial charge in [-0.25, -0.2) is 0 Å². The number of methoxy groups -OCH3 is 1. The number of rotatable bonds is 5. The van der Waals surface area contributed by atoms with Gasteiger partial charge in [0.25, 0.3) is 5.91 Å². The summed E-state index contributed by atoms with van der Waals surface area (Å²) in [5, 5.41) is 12.7. The third kappa shape index (κ3) is 4.07. The highest BCUT2D eigenvalue weighted by molar-refractivity contribution is 7.99. The molecule has 1 heterocycles. The molecule has 0 radical (unpaired) electrons. The van der Waals surface area contributed by atoms with E-state index < -0.39 is 7.12 Å². The first-order chi connectivity index (χ1) is 13.6. The molecule has 1 aliphatic rings. The van der Waals surface area contributed by atoms with Crippen molar-refractivity contribution in [2.75, 3.05) is 12.4 Å². The van der Waals surface area contributed by atoms with Crippen molar-refractivity contribution < 1.29 is 19.2 Å². The lowest BCUT2D eigenvalue weighted by Crippen LogP contribution is -2.27. The molecular formula is C21H18BNO4S. The van der Waals surface area contributed by atoms with Crippen molar-refractivity contribution >= 4 is 35.9 Å². The number of fused-ring (bicyclic) bond motifs is 1. The fourth-order valence-electron chi connectivity index (χ4n) is 2.94. The molecule has 28 heavy (non-hydrogen) atoms. The molecule has 0 aliphatic carbocycles. The lowest BCUT2D eigenvalue weighted by molar-refractivity contribution is 0.102. The van der Waals surface area contributed by atoms with Crippen molar-refractivity contribution in [2.45, 2.75) is 16.4 Å². The number of carbonyl (C=O) groups is 1. The van der Waals surface area contributed by atoms with Gasteiger partial charge in [-0.15, -0.1) is 0 Å². The van der Waals surface area contributed by atoms with Crippen LogP contribution >= 0.6 is 11.8 Å². The summed E-state index contributed by atoms with van der Waals surface area (Å²) in [5.74, 6) is 0.541. The fourth-order valence-corrected chi connectivity index (χ4v) is 3.81. The van der Waals surface area contributed by atoms with E-state index in [0.29, 0.717) is 17.9 Å². The van der Waals surface area contributed by atoms with E-state index in [2.05, 4.69) is 5.32 Å². The molecule has 0 saturated heterocycles. The topological polar surface area (TPSA) is 67.8 Å². The van der Waals surface area contributed by atoms with Gasteiger partial charge < -0.3 is 19.7 Å². The van der Waals surface area contributed by atoms with Gasteiger partial charge in [-0.2, -0.15) is 0 Å². The molecule has 0 atom stereocenters. The van der Waals surface area contributed by atoms with E-state index in [9.17, 15) is 9.82 Å². The van der Waals surface area contributed by atoms with Crippen molar-refractivity contribution in [3.8, 4) is 5.75 Å². The van der Waals surface area contributed by atoms with E-state index >= 15 is 0 Å². The van der Waals surface area contributed by atoms with Gasteiger partial charge in [0.2, 0.25) is 0 Å². The van der Waals surface area contributed by atoms with E-state index in [4.69, 9.17) is 9.39 Å². The Bertz CT molecular complexity index is 992. The van der Waals surface area contributed by atoms with E-state index in [1.807, 2.05) is 42.5 Å². The molecule has 4 rings (SSSR count). The minimum Gasteiger partial charge on any atom is -0.497 e. The molecule has 0 bridgehead atoms. The smallest absolute Gasteiger partial charge is 0.491 e. The van der Waals surface area contributed by atoms with Crippen LogP contribution in [0.5, 0.6) is 5.75 Å². The third-order valence-electron chi connectivity index (χ3n) is 4.48. The van der Waals surface area contributed by atoms with Gasteiger partial charge >= 0.3 is 7.12 Å². The standard InChI is InChI=1S/C21H18BNO4S/c1-26-17-7-2-14(3-8-17)21(24)23-16-5-10-18(11-6-16)28-19-9-4-15-13-27-22(25)20(15)12-19/h2-12,25H,13H2,1H3,(H,23,24). The maximum Gasteiger partial charge on any atom is 0.491 e. The number of ether oxygens (including phenoxy) is 1. The normalized spacial score (nSPS) is 12.6. The summed E-state index contributed by atoms with van der Waals surface area (Å²) in [6.45, 7) is 0.448. The van der Waals surface area contributed by atoms with Crippen molar-refractivity contribution in [1.29, 1.82) is 0 Å². The van der Waals surface area contributed by atoms with Crippen molar-refractivity contribution in [3.05, 3.63) is 77.9 Å². The number of hydrogen-bond donors (Lipinski definition) is 2. The molecule has 2 N–H and O–H groups in total. The molecular weight excluding hydrogens is 373 g/mol. The molecule has 1 aliphatic heterocycles. The van der Waals surface area contributed by atoms with Crippen LogP contribution in [0, 0.1) is 0 Å². The molecule has 5 nitrogen and oxygen atoms in total. The van der Waals surface area contributed by atoms with E-state index in [-0.39, 0.29) is 5.91 Å². The van der Waals surface area contributed by atoms with Crippen LogP contribution in [0.25, 0.3) is 0 Å². The summed E-state index contributed by atoms with van der Waals surface area (Å²) < 4.78 is 10.3. The van der Waals surface area contributed by atoms with Gasteiger partial charge in [0, 0.05) is 21.0 Å². The van der Waals surface area contributed by atoms with Crippen LogP contribution in [0.4, 0.5) is 5.69 Å². The predicted octanol–water partition coefficient (Wildman–Crippen LogP) is 3.32. The lowest BCUT2D eigenvalue weighted by atomic mass is 9.80. The first-order valence-corrected chi connectivity index (χ1v) is 9.60. The summed E-state index contributed by atoms with van der Waals surface area (Å²) in [7, 11) is 0.749. The Balaban J connectivity index is 1.41. The summed E-state index contributed by atoms with van der Waals surface area (Å²) in [6, 6.07) is 20.6. The lowest BCUT2D eigenvalue weighted by Gasteiger charge is -2.08. The Morgan fingerprint density at radius 3 is 2.50 bits per heavy atom. The number of benzene rings is 3. The molecule has 0 spiro atoms.